The number of nitrogens with one attached hydrogen (secondary N) is 1. The Hall–Kier alpha value is -0.500. The molecule has 1 heterocycles. The lowest BCUT2D eigenvalue weighted by Gasteiger charge is -2.04. The van der Waals surface area contributed by atoms with E-state index in [-0.39, 0.29) is 10.2 Å². The predicted molar refractivity (Wildman–Crippen MR) is 52.6 cm³/mol. The fraction of sp³-hybridized carbons (Fsp3) is 0.286. The summed E-state index contributed by atoms with van der Waals surface area (Å²) in [4.78, 5) is 13.7. The van der Waals surface area contributed by atoms with E-state index in [0.717, 1.165) is 6.07 Å². The van der Waals surface area contributed by atoms with Gasteiger partial charge >= 0.3 is 0 Å². The molecular weight excluding hydrogens is 293 g/mol. The van der Waals surface area contributed by atoms with Crippen molar-refractivity contribution in [3.63, 3.8) is 0 Å². The van der Waals surface area contributed by atoms with Gasteiger partial charge in [0.2, 0.25) is 0 Å². The number of rotatable bonds is 2. The van der Waals surface area contributed by atoms with E-state index < -0.39 is 17.4 Å². The minimum absolute atomic E-state index is 0.134. The molecule has 0 aromatic carbocycles. The maximum Gasteiger partial charge on any atom is 0.270 e. The summed E-state index contributed by atoms with van der Waals surface area (Å²) < 4.78 is 24.7. The number of nitrogens with two attached hydrogens (primary N) is 1. The van der Waals surface area contributed by atoms with E-state index in [1.165, 1.54) is 0 Å². The Kier molecular flexibility index (Phi) is 3.37. The lowest BCUT2D eigenvalue weighted by Crippen LogP contribution is -2.15. The van der Waals surface area contributed by atoms with Gasteiger partial charge in [-0.2, -0.15) is 0 Å². The van der Waals surface area contributed by atoms with Crippen molar-refractivity contribution in [2.75, 3.05) is 0 Å². The Morgan fingerprint density at radius 3 is 2.62 bits per heavy atom. The van der Waals surface area contributed by atoms with Gasteiger partial charge < -0.3 is 10.7 Å². The number of hydrogen-bond donors (Lipinski definition) is 2. The summed E-state index contributed by atoms with van der Waals surface area (Å²) in [6.07, 6.45) is -2.75. The van der Waals surface area contributed by atoms with Gasteiger partial charge in [0.1, 0.15) is 0 Å². The zero-order valence-corrected chi connectivity index (χ0v) is 8.64. The van der Waals surface area contributed by atoms with Gasteiger partial charge in [0.15, 0.2) is 5.43 Å². The van der Waals surface area contributed by atoms with Gasteiger partial charge in [-0.25, -0.2) is 8.78 Å². The molecule has 0 unspecified atom stereocenters. The van der Waals surface area contributed by atoms with Gasteiger partial charge in [-0.05, 0) is 22.6 Å². The van der Waals surface area contributed by atoms with E-state index in [1.807, 2.05) is 0 Å². The first kappa shape index (κ1) is 10.6. The van der Waals surface area contributed by atoms with E-state index in [2.05, 4.69) is 4.98 Å². The molecule has 0 radical (unpaired) electrons. The molecule has 1 rings (SSSR count). The van der Waals surface area contributed by atoms with Crippen LogP contribution in [0, 0.1) is 3.70 Å². The molecule has 0 aliphatic heterocycles. The smallest absolute Gasteiger partial charge is 0.270 e. The molecule has 0 aliphatic rings. The third kappa shape index (κ3) is 2.25. The minimum atomic E-state index is -2.75. The molecule has 0 saturated carbocycles. The van der Waals surface area contributed by atoms with Gasteiger partial charge in [-0.3, -0.25) is 4.79 Å². The molecule has 0 bridgehead atoms. The number of aromatic nitrogens is 1. The van der Waals surface area contributed by atoms with E-state index in [9.17, 15) is 13.6 Å². The zero-order valence-electron chi connectivity index (χ0n) is 6.48. The molecule has 3 nitrogen and oxygen atoms in total. The summed E-state index contributed by atoms with van der Waals surface area (Å²) in [6, 6.07) is 1.10. The SMILES string of the molecule is NCc1cc(=O)c(C(F)F)c(I)[nH]1. The largest absolute Gasteiger partial charge is 0.352 e. The Morgan fingerprint density at radius 1 is 1.62 bits per heavy atom. The molecular formula is C7H7F2IN2O. The number of hydrogen-bond acceptors (Lipinski definition) is 2. The van der Waals surface area contributed by atoms with Crippen LogP contribution >= 0.6 is 22.6 Å². The van der Waals surface area contributed by atoms with Gasteiger partial charge in [0, 0.05) is 18.3 Å². The van der Waals surface area contributed by atoms with Crippen LogP contribution in [0.3, 0.4) is 0 Å². The van der Waals surface area contributed by atoms with Crippen molar-refractivity contribution in [1.82, 2.24) is 4.98 Å². The highest BCUT2D eigenvalue weighted by atomic mass is 127. The third-order valence-electron chi connectivity index (χ3n) is 1.52. The molecule has 0 saturated heterocycles. The first-order valence-corrected chi connectivity index (χ1v) is 4.54. The molecule has 3 N–H and O–H groups in total. The van der Waals surface area contributed by atoms with Gasteiger partial charge in [-0.1, -0.05) is 0 Å². The molecule has 0 fully saturated rings. The van der Waals surface area contributed by atoms with Gasteiger partial charge in [-0.15, -0.1) is 0 Å². The van der Waals surface area contributed by atoms with Crippen LogP contribution in [-0.4, -0.2) is 4.98 Å². The van der Waals surface area contributed by atoms with Crippen molar-refractivity contribution in [2.24, 2.45) is 5.73 Å². The van der Waals surface area contributed by atoms with E-state index in [0.29, 0.717) is 5.69 Å². The fourth-order valence-electron chi connectivity index (χ4n) is 0.902. The number of H-pyrrole nitrogens is 1. The van der Waals surface area contributed by atoms with Crippen molar-refractivity contribution in [1.29, 1.82) is 0 Å². The molecule has 0 aliphatic carbocycles. The quantitative estimate of drug-likeness (QED) is 0.640. The second-order valence-electron chi connectivity index (χ2n) is 2.39. The van der Waals surface area contributed by atoms with Crippen LogP contribution in [0.25, 0.3) is 0 Å². The zero-order chi connectivity index (χ0) is 10.0. The average molecular weight is 300 g/mol. The van der Waals surface area contributed by atoms with Crippen LogP contribution in [-0.2, 0) is 6.54 Å². The highest BCUT2D eigenvalue weighted by molar-refractivity contribution is 14.1. The predicted octanol–water partition coefficient (Wildman–Crippen LogP) is 1.38. The maximum absolute atomic E-state index is 12.3. The normalized spacial score (nSPS) is 10.8. The highest BCUT2D eigenvalue weighted by Gasteiger charge is 2.16. The van der Waals surface area contributed by atoms with E-state index >= 15 is 0 Å². The van der Waals surface area contributed by atoms with Crippen molar-refractivity contribution < 1.29 is 8.78 Å². The summed E-state index contributed by atoms with van der Waals surface area (Å²) in [5, 5.41) is 0. The first-order chi connectivity index (χ1) is 6.06. The highest BCUT2D eigenvalue weighted by Crippen LogP contribution is 2.19. The van der Waals surface area contributed by atoms with Gasteiger partial charge in [0.05, 0.1) is 9.26 Å². The fourth-order valence-corrected chi connectivity index (χ4v) is 1.75. The van der Waals surface area contributed by atoms with Crippen LogP contribution in [0.4, 0.5) is 8.78 Å². The van der Waals surface area contributed by atoms with Crippen molar-refractivity contribution >= 4 is 22.6 Å². The lowest BCUT2D eigenvalue weighted by molar-refractivity contribution is 0.148. The molecule has 1 aromatic rings. The summed E-state index contributed by atoms with van der Waals surface area (Å²) in [6.45, 7) is 0.134. The maximum atomic E-state index is 12.3. The summed E-state index contributed by atoms with van der Waals surface area (Å²) in [5.74, 6) is 0. The molecule has 13 heavy (non-hydrogen) atoms. The first-order valence-electron chi connectivity index (χ1n) is 3.46. The third-order valence-corrected chi connectivity index (χ3v) is 2.37. The standard InChI is InChI=1S/C7H7F2IN2O/c8-6(9)5-4(13)1-3(2-11)12-7(5)10/h1,6H,2,11H2,(H,12,13). The van der Waals surface area contributed by atoms with Crippen LogP contribution < -0.4 is 11.2 Å². The Labute approximate surface area is 86.5 Å². The van der Waals surface area contributed by atoms with Crippen molar-refractivity contribution in [3.8, 4) is 0 Å². The molecule has 0 spiro atoms. The minimum Gasteiger partial charge on any atom is -0.352 e. The van der Waals surface area contributed by atoms with Gasteiger partial charge in [0.25, 0.3) is 6.43 Å². The monoisotopic (exact) mass is 300 g/mol. The Bertz CT molecular complexity index is 364. The molecule has 72 valence electrons. The number of halogens is 3. The lowest BCUT2D eigenvalue weighted by atomic mass is 10.2. The number of alkyl halides is 2. The topological polar surface area (TPSA) is 58.9 Å². The summed E-state index contributed by atoms with van der Waals surface area (Å²) in [7, 11) is 0. The van der Waals surface area contributed by atoms with Crippen LogP contribution in [0.5, 0.6) is 0 Å². The Morgan fingerprint density at radius 2 is 2.23 bits per heavy atom. The molecule has 6 heteroatoms. The van der Waals surface area contributed by atoms with Crippen LogP contribution in [0.15, 0.2) is 10.9 Å². The van der Waals surface area contributed by atoms with Crippen LogP contribution in [0.1, 0.15) is 17.7 Å². The van der Waals surface area contributed by atoms with Crippen LogP contribution in [0.2, 0.25) is 0 Å². The Balaban J connectivity index is 3.32. The molecule has 1 aromatic heterocycles. The second-order valence-corrected chi connectivity index (χ2v) is 3.47. The summed E-state index contributed by atoms with van der Waals surface area (Å²) in [5.41, 5.74) is 4.55. The second kappa shape index (κ2) is 4.14. The van der Waals surface area contributed by atoms with E-state index in [4.69, 9.17) is 5.73 Å². The summed E-state index contributed by atoms with van der Waals surface area (Å²) >= 11 is 1.66. The van der Waals surface area contributed by atoms with E-state index in [1.54, 1.807) is 22.6 Å². The molecule has 0 amide bonds. The number of aromatic amines is 1. The average Bonchev–Trinajstić information content (AvgIpc) is 2.02. The van der Waals surface area contributed by atoms with Crippen molar-refractivity contribution in [2.45, 2.75) is 13.0 Å². The van der Waals surface area contributed by atoms with Crippen molar-refractivity contribution in [3.05, 3.63) is 31.2 Å². The number of pyridine rings is 1. The molecule has 0 atom stereocenters.